The summed E-state index contributed by atoms with van der Waals surface area (Å²) in [5.74, 6) is 1.92. The number of halogens is 1. The molecule has 0 radical (unpaired) electrons. The van der Waals surface area contributed by atoms with Crippen molar-refractivity contribution in [2.45, 2.75) is 13.0 Å². The Morgan fingerprint density at radius 2 is 1.88 bits per heavy atom. The molecular weight excluding hydrogens is 374 g/mol. The van der Waals surface area contributed by atoms with E-state index in [4.69, 9.17) is 14.2 Å². The van der Waals surface area contributed by atoms with Crippen molar-refractivity contribution in [1.29, 1.82) is 0 Å². The highest BCUT2D eigenvalue weighted by atomic mass is 79.9. The van der Waals surface area contributed by atoms with Crippen LogP contribution in [0.3, 0.4) is 0 Å². The second kappa shape index (κ2) is 7.57. The van der Waals surface area contributed by atoms with Gasteiger partial charge >= 0.3 is 0 Å². The minimum Gasteiger partial charge on any atom is -0.486 e. The molecular formula is C18H18BrNO4. The van der Waals surface area contributed by atoms with Gasteiger partial charge in [-0.15, -0.1) is 0 Å². The molecule has 2 aromatic carbocycles. The van der Waals surface area contributed by atoms with E-state index >= 15 is 0 Å². The fourth-order valence-corrected chi connectivity index (χ4v) is 2.64. The van der Waals surface area contributed by atoms with Crippen LogP contribution in [0.1, 0.15) is 18.5 Å². The quantitative estimate of drug-likeness (QED) is 0.847. The van der Waals surface area contributed by atoms with Crippen molar-refractivity contribution in [3.8, 4) is 17.2 Å². The van der Waals surface area contributed by atoms with Crippen molar-refractivity contribution >= 4 is 21.8 Å². The number of hydrogen-bond acceptors (Lipinski definition) is 4. The number of benzene rings is 2. The Bertz CT molecular complexity index is 717. The molecule has 0 aliphatic carbocycles. The lowest BCUT2D eigenvalue weighted by molar-refractivity contribution is -0.123. The maximum absolute atomic E-state index is 12.1. The Hall–Kier alpha value is -2.21. The van der Waals surface area contributed by atoms with Crippen LogP contribution in [0, 0.1) is 0 Å². The summed E-state index contributed by atoms with van der Waals surface area (Å²) in [6.45, 7) is 2.99. The third kappa shape index (κ3) is 4.20. The molecule has 0 spiro atoms. The number of rotatable bonds is 5. The minimum absolute atomic E-state index is 0.0312. The summed E-state index contributed by atoms with van der Waals surface area (Å²) in [6, 6.07) is 12.9. The molecule has 0 saturated carbocycles. The Balaban J connectivity index is 1.55. The van der Waals surface area contributed by atoms with E-state index in [0.29, 0.717) is 24.7 Å². The maximum atomic E-state index is 12.1. The average Bonchev–Trinajstić information content (AvgIpc) is 2.61. The van der Waals surface area contributed by atoms with E-state index in [1.165, 1.54) is 0 Å². The second-order valence-electron chi connectivity index (χ2n) is 5.43. The lowest BCUT2D eigenvalue weighted by atomic mass is 10.1. The molecule has 24 heavy (non-hydrogen) atoms. The number of hydrogen-bond donors (Lipinski definition) is 1. The van der Waals surface area contributed by atoms with Crippen LogP contribution >= 0.6 is 15.9 Å². The topological polar surface area (TPSA) is 56.8 Å². The third-order valence-corrected chi connectivity index (χ3v) is 4.16. The lowest BCUT2D eigenvalue weighted by Crippen LogP contribution is -2.31. The zero-order valence-electron chi connectivity index (χ0n) is 13.3. The van der Waals surface area contributed by atoms with Gasteiger partial charge in [-0.3, -0.25) is 4.79 Å². The van der Waals surface area contributed by atoms with Gasteiger partial charge in [0, 0.05) is 4.47 Å². The number of fused-ring (bicyclic) bond motifs is 1. The summed E-state index contributed by atoms with van der Waals surface area (Å²) < 4.78 is 17.5. The molecule has 1 atom stereocenters. The standard InChI is InChI=1S/C18H18BrNO4/c1-12(13-2-7-16-17(10-13)23-9-8-22-16)20-18(21)11-24-15-5-3-14(19)4-6-15/h2-7,10,12H,8-9,11H2,1H3,(H,20,21)/t12-/m1/s1. The summed E-state index contributed by atoms with van der Waals surface area (Å²) in [5.41, 5.74) is 0.955. The first-order valence-electron chi connectivity index (χ1n) is 7.69. The van der Waals surface area contributed by atoms with Crippen LogP contribution in [0.5, 0.6) is 17.2 Å². The van der Waals surface area contributed by atoms with Crippen molar-refractivity contribution in [1.82, 2.24) is 5.32 Å². The largest absolute Gasteiger partial charge is 0.486 e. The molecule has 1 N–H and O–H groups in total. The second-order valence-corrected chi connectivity index (χ2v) is 6.35. The number of nitrogens with one attached hydrogen (secondary N) is 1. The first kappa shape index (κ1) is 16.6. The Kier molecular flexibility index (Phi) is 5.25. The van der Waals surface area contributed by atoms with Crippen LogP contribution in [-0.4, -0.2) is 25.7 Å². The van der Waals surface area contributed by atoms with Crippen LogP contribution in [-0.2, 0) is 4.79 Å². The van der Waals surface area contributed by atoms with Crippen LogP contribution in [0.15, 0.2) is 46.9 Å². The Labute approximate surface area is 149 Å². The van der Waals surface area contributed by atoms with Crippen molar-refractivity contribution < 1.29 is 19.0 Å². The molecule has 0 bridgehead atoms. The fraction of sp³-hybridized carbons (Fsp3) is 0.278. The van der Waals surface area contributed by atoms with Gasteiger partial charge in [0.25, 0.3) is 5.91 Å². The Morgan fingerprint density at radius 1 is 1.17 bits per heavy atom. The molecule has 0 unspecified atom stereocenters. The number of carbonyl (C=O) groups is 1. The lowest BCUT2D eigenvalue weighted by Gasteiger charge is -2.21. The smallest absolute Gasteiger partial charge is 0.258 e. The van der Waals surface area contributed by atoms with Gasteiger partial charge in [0.2, 0.25) is 0 Å². The number of carbonyl (C=O) groups excluding carboxylic acids is 1. The number of amides is 1. The minimum atomic E-state index is -0.180. The molecule has 0 fully saturated rings. The van der Waals surface area contributed by atoms with Gasteiger partial charge in [-0.1, -0.05) is 22.0 Å². The molecule has 0 aromatic heterocycles. The van der Waals surface area contributed by atoms with Gasteiger partial charge in [-0.05, 0) is 48.9 Å². The first-order chi connectivity index (χ1) is 11.6. The zero-order chi connectivity index (χ0) is 16.9. The molecule has 1 amide bonds. The number of ether oxygens (including phenoxy) is 3. The van der Waals surface area contributed by atoms with E-state index in [2.05, 4.69) is 21.2 Å². The molecule has 3 rings (SSSR count). The molecule has 2 aromatic rings. The molecule has 1 aliphatic rings. The van der Waals surface area contributed by atoms with Crippen LogP contribution in [0.25, 0.3) is 0 Å². The van der Waals surface area contributed by atoms with Crippen molar-refractivity contribution in [3.63, 3.8) is 0 Å². The molecule has 5 nitrogen and oxygen atoms in total. The SMILES string of the molecule is C[C@@H](NC(=O)COc1ccc(Br)cc1)c1ccc2c(c1)OCCO2. The highest BCUT2D eigenvalue weighted by Crippen LogP contribution is 2.32. The molecule has 1 heterocycles. The van der Waals surface area contributed by atoms with E-state index in [0.717, 1.165) is 15.8 Å². The van der Waals surface area contributed by atoms with Gasteiger partial charge < -0.3 is 19.5 Å². The van der Waals surface area contributed by atoms with Gasteiger partial charge in [0.15, 0.2) is 18.1 Å². The predicted octanol–water partition coefficient (Wildman–Crippen LogP) is 3.48. The normalized spacial score (nSPS) is 13.9. The summed E-state index contributed by atoms with van der Waals surface area (Å²) in [5, 5.41) is 2.92. The monoisotopic (exact) mass is 391 g/mol. The molecule has 6 heteroatoms. The third-order valence-electron chi connectivity index (χ3n) is 3.63. The highest BCUT2D eigenvalue weighted by molar-refractivity contribution is 9.10. The van der Waals surface area contributed by atoms with Crippen LogP contribution < -0.4 is 19.5 Å². The van der Waals surface area contributed by atoms with E-state index in [-0.39, 0.29) is 18.6 Å². The summed E-state index contributed by atoms with van der Waals surface area (Å²) >= 11 is 3.36. The highest BCUT2D eigenvalue weighted by Gasteiger charge is 2.16. The Morgan fingerprint density at radius 3 is 2.62 bits per heavy atom. The van der Waals surface area contributed by atoms with Crippen molar-refractivity contribution in [2.75, 3.05) is 19.8 Å². The van der Waals surface area contributed by atoms with E-state index < -0.39 is 0 Å². The summed E-state index contributed by atoms with van der Waals surface area (Å²) in [7, 11) is 0. The van der Waals surface area contributed by atoms with Gasteiger partial charge in [-0.25, -0.2) is 0 Å². The zero-order valence-corrected chi connectivity index (χ0v) is 14.8. The molecule has 1 aliphatic heterocycles. The van der Waals surface area contributed by atoms with Gasteiger partial charge in [0.05, 0.1) is 6.04 Å². The summed E-state index contributed by atoms with van der Waals surface area (Å²) in [6.07, 6.45) is 0. The van der Waals surface area contributed by atoms with E-state index in [9.17, 15) is 4.79 Å². The van der Waals surface area contributed by atoms with Gasteiger partial charge in [-0.2, -0.15) is 0 Å². The van der Waals surface area contributed by atoms with E-state index in [1.807, 2.05) is 49.4 Å². The van der Waals surface area contributed by atoms with E-state index in [1.54, 1.807) is 0 Å². The first-order valence-corrected chi connectivity index (χ1v) is 8.48. The average molecular weight is 392 g/mol. The van der Waals surface area contributed by atoms with Gasteiger partial charge in [0.1, 0.15) is 19.0 Å². The maximum Gasteiger partial charge on any atom is 0.258 e. The molecule has 0 saturated heterocycles. The molecule has 126 valence electrons. The fourth-order valence-electron chi connectivity index (χ4n) is 2.38. The van der Waals surface area contributed by atoms with Crippen LogP contribution in [0.2, 0.25) is 0 Å². The summed E-state index contributed by atoms with van der Waals surface area (Å²) in [4.78, 5) is 12.1. The predicted molar refractivity (Wildman–Crippen MR) is 93.6 cm³/mol. The van der Waals surface area contributed by atoms with Crippen molar-refractivity contribution in [2.24, 2.45) is 0 Å². The van der Waals surface area contributed by atoms with Crippen LogP contribution in [0.4, 0.5) is 0 Å². The van der Waals surface area contributed by atoms with Crippen molar-refractivity contribution in [3.05, 3.63) is 52.5 Å².